The lowest BCUT2D eigenvalue weighted by atomic mass is 10.2. The molecule has 0 fully saturated rings. The molecule has 0 saturated heterocycles. The van der Waals surface area contributed by atoms with E-state index >= 15 is 0 Å². The van der Waals surface area contributed by atoms with Gasteiger partial charge in [-0.05, 0) is 20.3 Å². The largest absolute Gasteiger partial charge is 0.394 e. The molecule has 102 valence electrons. The van der Waals surface area contributed by atoms with Crippen LogP contribution in [0.25, 0.3) is 0 Å². The van der Waals surface area contributed by atoms with Crippen LogP contribution in [-0.4, -0.2) is 45.8 Å². The molecule has 18 heavy (non-hydrogen) atoms. The van der Waals surface area contributed by atoms with E-state index in [9.17, 15) is 0 Å². The van der Waals surface area contributed by atoms with Gasteiger partial charge in [0.15, 0.2) is 0 Å². The highest BCUT2D eigenvalue weighted by Gasteiger charge is 2.12. The molecule has 0 radical (unpaired) electrons. The van der Waals surface area contributed by atoms with Crippen molar-refractivity contribution < 1.29 is 5.11 Å². The second-order valence-corrected chi connectivity index (χ2v) is 3.92. The Morgan fingerprint density at radius 3 is 2.39 bits per heavy atom. The number of anilines is 3. The summed E-state index contributed by atoms with van der Waals surface area (Å²) in [4.78, 5) is 14.4. The zero-order chi connectivity index (χ0) is 13.5. The predicted octanol–water partition coefficient (Wildman–Crippen LogP) is 0.483. The van der Waals surface area contributed by atoms with Crippen LogP contribution in [0.3, 0.4) is 0 Å². The van der Waals surface area contributed by atoms with E-state index in [0.29, 0.717) is 11.9 Å². The third-order valence-corrected chi connectivity index (χ3v) is 2.73. The van der Waals surface area contributed by atoms with Gasteiger partial charge >= 0.3 is 0 Å². The van der Waals surface area contributed by atoms with Crippen molar-refractivity contribution in [3.8, 4) is 0 Å². The Bertz CT molecular complexity index is 365. The second kappa shape index (κ2) is 6.95. The third kappa shape index (κ3) is 3.69. The second-order valence-electron chi connectivity index (χ2n) is 3.92. The van der Waals surface area contributed by atoms with Gasteiger partial charge < -0.3 is 21.1 Å². The van der Waals surface area contributed by atoms with Crippen molar-refractivity contribution in [2.24, 2.45) is 0 Å². The van der Waals surface area contributed by atoms with Crippen LogP contribution in [0.15, 0.2) is 0 Å². The number of aliphatic hydroxyl groups is 1. The zero-order valence-electron chi connectivity index (χ0n) is 11.2. The summed E-state index contributed by atoms with van der Waals surface area (Å²) in [5.41, 5.74) is 5.67. The fourth-order valence-corrected chi connectivity index (χ4v) is 1.55. The fraction of sp³-hybridized carbons (Fsp3) is 0.727. The third-order valence-electron chi connectivity index (χ3n) is 2.73. The topological polar surface area (TPSA) is 100 Å². The highest BCUT2D eigenvalue weighted by molar-refractivity contribution is 5.42. The van der Waals surface area contributed by atoms with E-state index < -0.39 is 0 Å². The summed E-state index contributed by atoms with van der Waals surface area (Å²) in [6, 6.07) is -0.0728. The first-order valence-corrected chi connectivity index (χ1v) is 6.28. The SMILES string of the molecule is CCC(CO)Nc1nc(N)nc(N(CC)CC)n1. The summed E-state index contributed by atoms with van der Waals surface area (Å²) in [7, 11) is 0. The van der Waals surface area contributed by atoms with Crippen molar-refractivity contribution in [1.82, 2.24) is 15.0 Å². The summed E-state index contributed by atoms with van der Waals surface area (Å²) >= 11 is 0. The van der Waals surface area contributed by atoms with Crippen LogP contribution >= 0.6 is 0 Å². The number of nitrogens with one attached hydrogen (secondary N) is 1. The minimum atomic E-state index is -0.0728. The molecule has 0 saturated carbocycles. The quantitative estimate of drug-likeness (QED) is 0.650. The Morgan fingerprint density at radius 1 is 1.22 bits per heavy atom. The Hall–Kier alpha value is -1.63. The molecule has 0 aliphatic heterocycles. The maximum atomic E-state index is 9.15. The molecule has 1 atom stereocenters. The van der Waals surface area contributed by atoms with E-state index in [4.69, 9.17) is 10.8 Å². The molecule has 0 amide bonds. The van der Waals surface area contributed by atoms with Gasteiger partial charge in [0, 0.05) is 13.1 Å². The highest BCUT2D eigenvalue weighted by Crippen LogP contribution is 2.12. The van der Waals surface area contributed by atoms with Gasteiger partial charge in [-0.1, -0.05) is 6.92 Å². The molecule has 0 aliphatic rings. The molecule has 0 aliphatic carbocycles. The van der Waals surface area contributed by atoms with Crippen LogP contribution < -0.4 is 16.0 Å². The Kier molecular flexibility index (Phi) is 5.57. The number of rotatable bonds is 7. The van der Waals surface area contributed by atoms with E-state index in [1.165, 1.54) is 0 Å². The van der Waals surface area contributed by atoms with Crippen molar-refractivity contribution in [3.05, 3.63) is 0 Å². The van der Waals surface area contributed by atoms with Crippen LogP contribution in [0.2, 0.25) is 0 Å². The number of nitrogens with zero attached hydrogens (tertiary/aromatic N) is 4. The lowest BCUT2D eigenvalue weighted by molar-refractivity contribution is 0.271. The smallest absolute Gasteiger partial charge is 0.231 e. The van der Waals surface area contributed by atoms with Gasteiger partial charge in [0.1, 0.15) is 0 Å². The van der Waals surface area contributed by atoms with E-state index in [1.54, 1.807) is 0 Å². The highest BCUT2D eigenvalue weighted by atomic mass is 16.3. The monoisotopic (exact) mass is 254 g/mol. The standard InChI is InChI=1S/C11H22N6O/c1-4-8(7-18)13-10-14-9(12)15-11(16-10)17(5-2)6-3/h8,18H,4-7H2,1-3H3,(H3,12,13,14,15,16). The maximum absolute atomic E-state index is 9.15. The fourth-order valence-electron chi connectivity index (χ4n) is 1.55. The first kappa shape index (κ1) is 14.4. The molecular weight excluding hydrogens is 232 g/mol. The van der Waals surface area contributed by atoms with Gasteiger partial charge in [-0.15, -0.1) is 0 Å². The number of hydrogen-bond acceptors (Lipinski definition) is 7. The molecule has 0 aromatic carbocycles. The van der Waals surface area contributed by atoms with Gasteiger partial charge in [-0.25, -0.2) is 0 Å². The van der Waals surface area contributed by atoms with Gasteiger partial charge in [0.05, 0.1) is 12.6 Å². The number of nitrogen functional groups attached to an aromatic ring is 1. The summed E-state index contributed by atoms with van der Waals surface area (Å²) < 4.78 is 0. The minimum Gasteiger partial charge on any atom is -0.394 e. The number of aliphatic hydroxyl groups excluding tert-OH is 1. The maximum Gasteiger partial charge on any atom is 0.231 e. The lowest BCUT2D eigenvalue weighted by Gasteiger charge is -2.20. The van der Waals surface area contributed by atoms with E-state index in [0.717, 1.165) is 19.5 Å². The molecule has 7 nitrogen and oxygen atoms in total. The van der Waals surface area contributed by atoms with Crippen LogP contribution in [0.4, 0.5) is 17.8 Å². The molecule has 0 spiro atoms. The molecular formula is C11H22N6O. The molecule has 1 aromatic heterocycles. The van der Waals surface area contributed by atoms with Gasteiger partial charge in [0.2, 0.25) is 17.8 Å². The zero-order valence-corrected chi connectivity index (χ0v) is 11.2. The first-order valence-electron chi connectivity index (χ1n) is 6.28. The molecule has 7 heteroatoms. The van der Waals surface area contributed by atoms with Crippen LogP contribution in [0.1, 0.15) is 27.2 Å². The minimum absolute atomic E-state index is 0.0304. The average Bonchev–Trinajstić information content (AvgIpc) is 2.37. The number of nitrogens with two attached hydrogens (primary N) is 1. The number of hydrogen-bond donors (Lipinski definition) is 3. The Labute approximate surface area is 107 Å². The normalized spacial score (nSPS) is 12.2. The van der Waals surface area contributed by atoms with Gasteiger partial charge in [-0.3, -0.25) is 0 Å². The lowest BCUT2D eigenvalue weighted by Crippen LogP contribution is -2.28. The van der Waals surface area contributed by atoms with E-state index in [-0.39, 0.29) is 18.6 Å². The summed E-state index contributed by atoms with van der Waals surface area (Å²) in [5.74, 6) is 1.15. The average molecular weight is 254 g/mol. The van der Waals surface area contributed by atoms with Crippen molar-refractivity contribution >= 4 is 17.8 Å². The van der Waals surface area contributed by atoms with Crippen LogP contribution in [-0.2, 0) is 0 Å². The van der Waals surface area contributed by atoms with E-state index in [1.807, 2.05) is 25.7 Å². The van der Waals surface area contributed by atoms with Gasteiger partial charge in [0.25, 0.3) is 0 Å². The predicted molar refractivity (Wildman–Crippen MR) is 72.6 cm³/mol. The molecule has 1 heterocycles. The molecule has 0 bridgehead atoms. The van der Waals surface area contributed by atoms with Gasteiger partial charge in [-0.2, -0.15) is 15.0 Å². The van der Waals surface area contributed by atoms with Crippen LogP contribution in [0.5, 0.6) is 0 Å². The molecule has 1 aromatic rings. The summed E-state index contributed by atoms with van der Waals surface area (Å²) in [6.07, 6.45) is 0.780. The molecule has 1 unspecified atom stereocenters. The first-order chi connectivity index (χ1) is 8.64. The van der Waals surface area contributed by atoms with Crippen molar-refractivity contribution in [1.29, 1.82) is 0 Å². The van der Waals surface area contributed by atoms with Crippen molar-refractivity contribution in [2.45, 2.75) is 33.2 Å². The van der Waals surface area contributed by atoms with Crippen LogP contribution in [0, 0.1) is 0 Å². The Balaban J connectivity index is 2.93. The summed E-state index contributed by atoms with van der Waals surface area (Å²) in [5, 5.41) is 12.2. The van der Waals surface area contributed by atoms with E-state index in [2.05, 4.69) is 20.3 Å². The van der Waals surface area contributed by atoms with Crippen molar-refractivity contribution in [3.63, 3.8) is 0 Å². The van der Waals surface area contributed by atoms with Crippen molar-refractivity contribution in [2.75, 3.05) is 35.6 Å². The molecule has 4 N–H and O–H groups in total. The number of aromatic nitrogens is 3. The Morgan fingerprint density at radius 2 is 1.89 bits per heavy atom. The summed E-state index contributed by atoms with van der Waals surface area (Å²) in [6.45, 7) is 7.66. The molecule has 1 rings (SSSR count).